The molecule has 0 radical (unpaired) electrons. The monoisotopic (exact) mass is 530 g/mol. The van der Waals surface area contributed by atoms with Gasteiger partial charge in [0.2, 0.25) is 12.9 Å². The Labute approximate surface area is 206 Å². The summed E-state index contributed by atoms with van der Waals surface area (Å²) in [7, 11) is 0. The fourth-order valence-electron chi connectivity index (χ4n) is 3.64. The van der Waals surface area contributed by atoms with E-state index in [9.17, 15) is 36.7 Å². The maximum absolute atomic E-state index is 12.7. The summed E-state index contributed by atoms with van der Waals surface area (Å²) < 4.78 is 60.8. The van der Waals surface area contributed by atoms with Crippen LogP contribution in [0.25, 0.3) is 0 Å². The molecule has 2 N–H and O–H groups in total. The van der Waals surface area contributed by atoms with Gasteiger partial charge in [-0.2, -0.15) is 0 Å². The molecular weight excluding hydrogens is 496 g/mol. The lowest BCUT2D eigenvalue weighted by Crippen LogP contribution is -2.36. The van der Waals surface area contributed by atoms with Crippen LogP contribution in [0.1, 0.15) is 41.5 Å². The Hall–Kier alpha value is -2.80. The van der Waals surface area contributed by atoms with Crippen molar-refractivity contribution in [3.05, 3.63) is 0 Å². The molecule has 0 unspecified atom stereocenters. The summed E-state index contributed by atoms with van der Waals surface area (Å²) in [6, 6.07) is 0. The Kier molecular flexibility index (Phi) is 10.4. The fourth-order valence-corrected chi connectivity index (χ4v) is 3.64. The average Bonchev–Trinajstić information content (AvgIpc) is 3.31. The minimum Gasteiger partial charge on any atom is -0.481 e. The van der Waals surface area contributed by atoms with E-state index in [1.807, 2.05) is 0 Å². The average molecular weight is 531 g/mol. The number of hydrogen-bond donors (Lipinski definition) is 2. The number of alkyl halides is 4. The lowest BCUT2D eigenvalue weighted by Gasteiger charge is -2.24. The number of carbonyl (C=O) groups is 4. The second-order valence-corrected chi connectivity index (χ2v) is 10.7. The van der Waals surface area contributed by atoms with Gasteiger partial charge in [0.25, 0.3) is 0 Å². The largest absolute Gasteiger partial charge is 0.481 e. The van der Waals surface area contributed by atoms with Crippen molar-refractivity contribution in [1.82, 2.24) is 9.80 Å². The van der Waals surface area contributed by atoms with E-state index in [2.05, 4.69) is 0 Å². The Morgan fingerprint density at radius 2 is 0.944 bits per heavy atom. The number of carbonyl (C=O) groups excluding carboxylic acids is 2. The van der Waals surface area contributed by atoms with Crippen molar-refractivity contribution in [3.63, 3.8) is 0 Å². The second-order valence-electron chi connectivity index (χ2n) is 10.7. The minimum absolute atomic E-state index is 0.237. The lowest BCUT2D eigenvalue weighted by molar-refractivity contribution is -0.145. The molecule has 2 fully saturated rings. The summed E-state index contributed by atoms with van der Waals surface area (Å²) in [5.41, 5.74) is -1.47. The van der Waals surface area contributed by atoms with E-state index in [-0.39, 0.29) is 26.2 Å². The lowest BCUT2D eigenvalue weighted by atomic mass is 9.97. The first-order chi connectivity index (χ1) is 16.2. The van der Waals surface area contributed by atoms with Crippen LogP contribution in [0.4, 0.5) is 27.2 Å². The highest BCUT2D eigenvalue weighted by atomic mass is 19.3. The highest BCUT2D eigenvalue weighted by Gasteiger charge is 2.46. The van der Waals surface area contributed by atoms with Gasteiger partial charge in [-0.1, -0.05) is 0 Å². The van der Waals surface area contributed by atoms with Gasteiger partial charge < -0.3 is 29.5 Å². The molecule has 2 heterocycles. The van der Waals surface area contributed by atoms with E-state index in [1.165, 1.54) is 0 Å². The summed E-state index contributed by atoms with van der Waals surface area (Å²) in [5.74, 6) is -7.78. The van der Waals surface area contributed by atoms with Crippen LogP contribution in [0.5, 0.6) is 0 Å². The summed E-state index contributed by atoms with van der Waals surface area (Å²) in [4.78, 5) is 47.1. The van der Waals surface area contributed by atoms with Crippen LogP contribution in [0, 0.1) is 23.7 Å². The summed E-state index contributed by atoms with van der Waals surface area (Å²) in [5, 5.41) is 17.7. The van der Waals surface area contributed by atoms with Crippen molar-refractivity contribution in [1.29, 1.82) is 0 Å². The molecule has 10 nitrogen and oxygen atoms in total. The molecule has 0 saturated carbocycles. The molecule has 0 aliphatic carbocycles. The van der Waals surface area contributed by atoms with Crippen molar-refractivity contribution in [3.8, 4) is 0 Å². The summed E-state index contributed by atoms with van der Waals surface area (Å²) in [6.07, 6.45) is -7.04. The third kappa shape index (κ3) is 9.34. The third-order valence-corrected chi connectivity index (χ3v) is 5.32. The number of amides is 2. The predicted molar refractivity (Wildman–Crippen MR) is 117 cm³/mol. The topological polar surface area (TPSA) is 134 Å². The highest BCUT2D eigenvalue weighted by molar-refractivity contribution is 5.75. The summed E-state index contributed by atoms with van der Waals surface area (Å²) >= 11 is 0. The van der Waals surface area contributed by atoms with Gasteiger partial charge in [0.1, 0.15) is 11.2 Å². The molecule has 208 valence electrons. The van der Waals surface area contributed by atoms with Crippen molar-refractivity contribution in [2.24, 2.45) is 23.7 Å². The molecule has 14 heteroatoms. The number of hydrogen-bond acceptors (Lipinski definition) is 6. The Morgan fingerprint density at radius 1 is 0.667 bits per heavy atom. The first kappa shape index (κ1) is 31.2. The smallest absolute Gasteiger partial charge is 0.410 e. The number of carboxylic acid groups (broad SMARTS) is 2. The van der Waals surface area contributed by atoms with Gasteiger partial charge >= 0.3 is 24.1 Å². The molecule has 36 heavy (non-hydrogen) atoms. The van der Waals surface area contributed by atoms with Gasteiger partial charge in [0.05, 0.1) is 23.7 Å². The van der Waals surface area contributed by atoms with E-state index in [4.69, 9.17) is 19.7 Å². The molecule has 0 bridgehead atoms. The van der Waals surface area contributed by atoms with Crippen molar-refractivity contribution in [2.45, 2.75) is 65.6 Å². The van der Waals surface area contributed by atoms with Gasteiger partial charge in [0.15, 0.2) is 0 Å². The SMILES string of the molecule is CC(C)(C)OC(=O)N1C[C@@H](C(=O)O)[C@H](C(F)F)C1.CC(C)(C)OC(=O)N1C[C@H](C(=O)O)[C@@H](C(F)F)C1. The van der Waals surface area contributed by atoms with E-state index in [1.54, 1.807) is 41.5 Å². The zero-order valence-electron chi connectivity index (χ0n) is 21.0. The van der Waals surface area contributed by atoms with Crippen LogP contribution < -0.4 is 0 Å². The molecule has 2 rings (SSSR count). The number of carboxylic acids is 2. The zero-order valence-corrected chi connectivity index (χ0v) is 21.0. The minimum atomic E-state index is -2.77. The van der Waals surface area contributed by atoms with E-state index in [0.717, 1.165) is 9.80 Å². The van der Waals surface area contributed by atoms with Crippen LogP contribution in [-0.2, 0) is 19.1 Å². The van der Waals surface area contributed by atoms with Gasteiger partial charge in [-0.05, 0) is 41.5 Å². The first-order valence-electron chi connectivity index (χ1n) is 11.2. The molecule has 0 aromatic heterocycles. The maximum atomic E-state index is 12.7. The zero-order chi connectivity index (χ0) is 28.2. The van der Waals surface area contributed by atoms with Gasteiger partial charge in [-0.15, -0.1) is 0 Å². The number of ether oxygens (including phenoxy) is 2. The Balaban J connectivity index is 0.000000360. The number of aliphatic carboxylic acids is 2. The number of rotatable bonds is 4. The maximum Gasteiger partial charge on any atom is 0.410 e. The molecule has 4 atom stereocenters. The molecule has 0 aromatic carbocycles. The van der Waals surface area contributed by atoms with Crippen LogP contribution in [0.2, 0.25) is 0 Å². The first-order valence-corrected chi connectivity index (χ1v) is 11.2. The molecule has 2 aliphatic rings. The predicted octanol–water partition coefficient (Wildman–Crippen LogP) is 3.64. The quantitative estimate of drug-likeness (QED) is 0.527. The number of nitrogens with zero attached hydrogens (tertiary/aromatic N) is 2. The second kappa shape index (κ2) is 12.0. The van der Waals surface area contributed by atoms with E-state index < -0.39 is 71.8 Å². The third-order valence-electron chi connectivity index (χ3n) is 5.32. The fraction of sp³-hybridized carbons (Fsp3) is 0.818. The summed E-state index contributed by atoms with van der Waals surface area (Å²) in [6.45, 7) is 8.87. The van der Waals surface area contributed by atoms with E-state index >= 15 is 0 Å². The van der Waals surface area contributed by atoms with Crippen LogP contribution in [0.15, 0.2) is 0 Å². The molecule has 2 amide bonds. The Bertz CT molecular complexity index is 747. The van der Waals surface area contributed by atoms with Crippen LogP contribution in [0.3, 0.4) is 0 Å². The van der Waals surface area contributed by atoms with Crippen molar-refractivity contribution >= 4 is 24.1 Å². The number of halogens is 4. The van der Waals surface area contributed by atoms with E-state index in [0.29, 0.717) is 0 Å². The number of likely N-dealkylation sites (tertiary alicyclic amines) is 2. The van der Waals surface area contributed by atoms with Crippen LogP contribution in [-0.4, -0.2) is 94.4 Å². The molecule has 0 aromatic rings. The van der Waals surface area contributed by atoms with Crippen molar-refractivity contribution < 1.29 is 56.4 Å². The molecule has 2 aliphatic heterocycles. The molecule has 0 spiro atoms. The molecule has 2 saturated heterocycles. The molecular formula is C22H34F4N2O8. The van der Waals surface area contributed by atoms with Crippen LogP contribution >= 0.6 is 0 Å². The van der Waals surface area contributed by atoms with Gasteiger partial charge in [0, 0.05) is 26.2 Å². The van der Waals surface area contributed by atoms with Crippen molar-refractivity contribution in [2.75, 3.05) is 26.2 Å². The Morgan fingerprint density at radius 3 is 1.11 bits per heavy atom. The normalized spacial score (nSPS) is 24.4. The van der Waals surface area contributed by atoms with Gasteiger partial charge in [-0.3, -0.25) is 9.59 Å². The highest BCUT2D eigenvalue weighted by Crippen LogP contribution is 2.31. The standard InChI is InChI=1S/2C11H17F2NO4/c2*1-11(2,3)18-10(17)14-4-6(8(12)13)7(5-14)9(15)16/h2*6-8H,4-5H2,1-3H3,(H,15,16)/t2*6-,7-/m10/s1. The van der Waals surface area contributed by atoms with Gasteiger partial charge in [-0.25, -0.2) is 27.2 Å².